The number of amides is 1. The molecule has 1 atom stereocenters. The number of non-ortho nitro benzene ring substituents is 1. The van der Waals surface area contributed by atoms with E-state index in [1.807, 2.05) is 0 Å². The fourth-order valence-electron chi connectivity index (χ4n) is 1.78. The zero-order valence-corrected chi connectivity index (χ0v) is 11.5. The summed E-state index contributed by atoms with van der Waals surface area (Å²) in [5.41, 5.74) is 0.679. The Morgan fingerprint density at radius 2 is 1.90 bits per heavy atom. The third-order valence-electron chi connectivity index (χ3n) is 2.99. The Bertz CT molecular complexity index is 512. The number of benzene rings is 1. The van der Waals surface area contributed by atoms with Gasteiger partial charge < -0.3 is 9.64 Å². The molecule has 0 saturated carbocycles. The predicted octanol–water partition coefficient (Wildman–Crippen LogP) is 1.68. The molecule has 1 unspecified atom stereocenters. The molecule has 0 saturated heterocycles. The van der Waals surface area contributed by atoms with E-state index in [0.717, 1.165) is 0 Å². The third-order valence-corrected chi connectivity index (χ3v) is 2.99. The Morgan fingerprint density at radius 3 is 2.30 bits per heavy atom. The smallest absolute Gasteiger partial charge is 0.325 e. The van der Waals surface area contributed by atoms with E-state index in [1.54, 1.807) is 19.1 Å². The molecule has 0 bridgehead atoms. The van der Waals surface area contributed by atoms with Crippen molar-refractivity contribution in [1.29, 1.82) is 0 Å². The van der Waals surface area contributed by atoms with Crippen LogP contribution < -0.4 is 0 Å². The van der Waals surface area contributed by atoms with E-state index in [1.165, 1.54) is 31.1 Å². The highest BCUT2D eigenvalue weighted by Gasteiger charge is 2.22. The van der Waals surface area contributed by atoms with Crippen LogP contribution in [-0.2, 0) is 14.3 Å². The second-order valence-corrected chi connectivity index (χ2v) is 4.25. The van der Waals surface area contributed by atoms with E-state index in [0.29, 0.717) is 5.56 Å². The zero-order valence-electron chi connectivity index (χ0n) is 11.5. The quantitative estimate of drug-likeness (QED) is 0.465. The summed E-state index contributed by atoms with van der Waals surface area (Å²) in [6, 6.07) is 5.48. The summed E-state index contributed by atoms with van der Waals surface area (Å²) in [4.78, 5) is 34.3. The summed E-state index contributed by atoms with van der Waals surface area (Å²) in [7, 11) is 1.25. The number of carbonyl (C=O) groups excluding carboxylic acids is 2. The van der Waals surface area contributed by atoms with Crippen LogP contribution in [0, 0.1) is 10.1 Å². The van der Waals surface area contributed by atoms with E-state index in [-0.39, 0.29) is 24.2 Å². The van der Waals surface area contributed by atoms with E-state index in [4.69, 9.17) is 0 Å². The standard InChI is InChI=1S/C13H16N2O5/c1-9(14(10(2)16)8-13(17)20-3)11-4-6-12(7-5-11)15(18)19/h4-7,9H,8H2,1-3H3. The maximum atomic E-state index is 11.6. The van der Waals surface area contributed by atoms with Gasteiger partial charge in [0.25, 0.3) is 5.69 Å². The van der Waals surface area contributed by atoms with Gasteiger partial charge in [-0.3, -0.25) is 19.7 Å². The van der Waals surface area contributed by atoms with Gasteiger partial charge in [-0.15, -0.1) is 0 Å². The van der Waals surface area contributed by atoms with Gasteiger partial charge in [0.05, 0.1) is 18.1 Å². The Kier molecular flexibility index (Phi) is 5.19. The molecular formula is C13H16N2O5. The van der Waals surface area contributed by atoms with Crippen LogP contribution in [0.5, 0.6) is 0 Å². The monoisotopic (exact) mass is 280 g/mol. The van der Waals surface area contributed by atoms with Crippen LogP contribution in [0.4, 0.5) is 5.69 Å². The van der Waals surface area contributed by atoms with Crippen LogP contribution in [0.15, 0.2) is 24.3 Å². The molecule has 7 heteroatoms. The number of esters is 1. The number of methoxy groups -OCH3 is 1. The van der Waals surface area contributed by atoms with Crippen molar-refractivity contribution in [3.8, 4) is 0 Å². The SMILES string of the molecule is COC(=O)CN(C(C)=O)C(C)c1ccc([N+](=O)[O-])cc1. The largest absolute Gasteiger partial charge is 0.468 e. The number of ether oxygens (including phenoxy) is 1. The maximum absolute atomic E-state index is 11.6. The predicted molar refractivity (Wildman–Crippen MR) is 70.9 cm³/mol. The second-order valence-electron chi connectivity index (χ2n) is 4.25. The minimum absolute atomic E-state index is 0.0247. The van der Waals surface area contributed by atoms with Crippen LogP contribution in [0.1, 0.15) is 25.5 Å². The van der Waals surface area contributed by atoms with Crippen molar-refractivity contribution in [3.05, 3.63) is 39.9 Å². The number of carbonyl (C=O) groups is 2. The highest BCUT2D eigenvalue weighted by atomic mass is 16.6. The van der Waals surface area contributed by atoms with Crippen LogP contribution >= 0.6 is 0 Å². The molecule has 0 aliphatic carbocycles. The average molecular weight is 280 g/mol. The van der Waals surface area contributed by atoms with E-state index in [2.05, 4.69) is 4.74 Å². The summed E-state index contributed by atoms with van der Waals surface area (Å²) in [5, 5.41) is 10.6. The van der Waals surface area contributed by atoms with Crippen molar-refractivity contribution in [1.82, 2.24) is 4.90 Å². The Balaban J connectivity index is 2.94. The van der Waals surface area contributed by atoms with E-state index < -0.39 is 10.9 Å². The number of nitro benzene ring substituents is 1. The minimum atomic E-state index is -0.519. The summed E-state index contributed by atoms with van der Waals surface area (Å²) in [5.74, 6) is -0.796. The van der Waals surface area contributed by atoms with Crippen LogP contribution in [-0.4, -0.2) is 35.4 Å². The molecule has 0 spiro atoms. The highest BCUT2D eigenvalue weighted by Crippen LogP contribution is 2.22. The highest BCUT2D eigenvalue weighted by molar-refractivity contribution is 5.80. The van der Waals surface area contributed by atoms with Gasteiger partial charge in [-0.2, -0.15) is 0 Å². The molecule has 1 aromatic carbocycles. The second kappa shape index (κ2) is 6.65. The lowest BCUT2D eigenvalue weighted by molar-refractivity contribution is -0.384. The van der Waals surface area contributed by atoms with Gasteiger partial charge in [0, 0.05) is 19.1 Å². The molecule has 1 rings (SSSR count). The molecule has 0 fully saturated rings. The molecule has 7 nitrogen and oxygen atoms in total. The fraction of sp³-hybridized carbons (Fsp3) is 0.385. The van der Waals surface area contributed by atoms with Gasteiger partial charge in [-0.25, -0.2) is 0 Å². The average Bonchev–Trinajstić information content (AvgIpc) is 2.43. The number of rotatable bonds is 5. The molecule has 108 valence electrons. The molecule has 1 amide bonds. The summed E-state index contributed by atoms with van der Waals surface area (Å²) >= 11 is 0. The van der Waals surface area contributed by atoms with Crippen LogP contribution in [0.25, 0.3) is 0 Å². The van der Waals surface area contributed by atoms with Gasteiger partial charge in [0.1, 0.15) is 6.54 Å². The first-order valence-corrected chi connectivity index (χ1v) is 5.95. The molecule has 0 aliphatic rings. The van der Waals surface area contributed by atoms with Gasteiger partial charge in [-0.05, 0) is 12.5 Å². The number of nitro groups is 1. The fourth-order valence-corrected chi connectivity index (χ4v) is 1.78. The molecule has 20 heavy (non-hydrogen) atoms. The summed E-state index contributed by atoms with van der Waals surface area (Å²) in [6.45, 7) is 2.93. The van der Waals surface area contributed by atoms with Gasteiger partial charge in [0.2, 0.25) is 5.91 Å². The topological polar surface area (TPSA) is 89.8 Å². The molecule has 0 heterocycles. The molecule has 0 aromatic heterocycles. The van der Waals surface area contributed by atoms with Gasteiger partial charge in [-0.1, -0.05) is 12.1 Å². The molecular weight excluding hydrogens is 264 g/mol. The van der Waals surface area contributed by atoms with Gasteiger partial charge >= 0.3 is 5.97 Å². The molecule has 0 aliphatic heterocycles. The van der Waals surface area contributed by atoms with Crippen LogP contribution in [0.3, 0.4) is 0 Å². The summed E-state index contributed by atoms with van der Waals surface area (Å²) < 4.78 is 4.55. The van der Waals surface area contributed by atoms with Crippen molar-refractivity contribution in [2.75, 3.05) is 13.7 Å². The van der Waals surface area contributed by atoms with Crippen molar-refractivity contribution in [2.24, 2.45) is 0 Å². The first-order valence-electron chi connectivity index (χ1n) is 5.95. The molecule has 0 radical (unpaired) electrons. The van der Waals surface area contributed by atoms with Crippen molar-refractivity contribution in [2.45, 2.75) is 19.9 Å². The van der Waals surface area contributed by atoms with Gasteiger partial charge in [0.15, 0.2) is 0 Å². The third kappa shape index (κ3) is 3.78. The van der Waals surface area contributed by atoms with E-state index >= 15 is 0 Å². The Morgan fingerprint density at radius 1 is 1.35 bits per heavy atom. The maximum Gasteiger partial charge on any atom is 0.325 e. The van der Waals surface area contributed by atoms with Crippen molar-refractivity contribution < 1.29 is 19.2 Å². The molecule has 1 aromatic rings. The minimum Gasteiger partial charge on any atom is -0.468 e. The first kappa shape index (κ1) is 15.6. The summed E-state index contributed by atoms with van der Waals surface area (Å²) in [6.07, 6.45) is 0. The first-order chi connectivity index (χ1) is 9.36. The van der Waals surface area contributed by atoms with E-state index in [9.17, 15) is 19.7 Å². The normalized spacial score (nSPS) is 11.6. The van der Waals surface area contributed by atoms with Crippen molar-refractivity contribution in [3.63, 3.8) is 0 Å². The number of hydrogen-bond donors (Lipinski definition) is 0. The zero-order chi connectivity index (χ0) is 15.3. The lowest BCUT2D eigenvalue weighted by Gasteiger charge is -2.27. The molecule has 0 N–H and O–H groups in total. The van der Waals surface area contributed by atoms with Crippen molar-refractivity contribution >= 4 is 17.6 Å². The lowest BCUT2D eigenvalue weighted by atomic mass is 10.1. The number of nitrogens with zero attached hydrogens (tertiary/aromatic N) is 2. The van der Waals surface area contributed by atoms with Crippen LogP contribution in [0.2, 0.25) is 0 Å². The lowest BCUT2D eigenvalue weighted by Crippen LogP contribution is -2.36. The Hall–Kier alpha value is -2.44. The Labute approximate surface area is 116 Å². The number of hydrogen-bond acceptors (Lipinski definition) is 5.